The molecule has 3 amide bonds. The van der Waals surface area contributed by atoms with Gasteiger partial charge in [-0.1, -0.05) is 94.8 Å². The lowest BCUT2D eigenvalue weighted by Crippen LogP contribution is -2.57. The summed E-state index contributed by atoms with van der Waals surface area (Å²) in [6.07, 6.45) is 0.141. The second-order valence-electron chi connectivity index (χ2n) is 11.6. The Morgan fingerprint density at radius 1 is 0.767 bits per heavy atom. The zero-order chi connectivity index (χ0) is 30.3. The van der Waals surface area contributed by atoms with E-state index in [1.54, 1.807) is 0 Å². The molecule has 0 unspecified atom stereocenters. The molecule has 1 N–H and O–H groups in total. The Hall–Kier alpha value is -3.45. The van der Waals surface area contributed by atoms with Crippen LogP contribution in [0.25, 0.3) is 0 Å². The number of imide groups is 1. The van der Waals surface area contributed by atoms with Gasteiger partial charge in [0.25, 0.3) is 0 Å². The molecule has 0 radical (unpaired) electrons. The van der Waals surface area contributed by atoms with Crippen LogP contribution >= 0.6 is 39.1 Å². The molecule has 4 aromatic carbocycles. The molecular formula is C35H27BrCl2N2O3. The highest BCUT2D eigenvalue weighted by Gasteiger charge is 2.73. The number of carbonyl (C=O) groups excluding carboxylic acids is 3. The summed E-state index contributed by atoms with van der Waals surface area (Å²) in [4.78, 5) is 42.0. The summed E-state index contributed by atoms with van der Waals surface area (Å²) in [7, 11) is 0. The molecule has 8 heteroatoms. The van der Waals surface area contributed by atoms with Crippen molar-refractivity contribution >= 4 is 62.5 Å². The van der Waals surface area contributed by atoms with Crippen LogP contribution in [0.2, 0.25) is 0 Å². The van der Waals surface area contributed by atoms with Crippen molar-refractivity contribution in [2.24, 2.45) is 11.8 Å². The van der Waals surface area contributed by atoms with Crippen molar-refractivity contribution in [3.05, 3.63) is 134 Å². The monoisotopic (exact) mass is 672 g/mol. The first kappa shape index (κ1) is 28.3. The van der Waals surface area contributed by atoms with E-state index in [0.29, 0.717) is 5.69 Å². The minimum absolute atomic E-state index is 0.141. The van der Waals surface area contributed by atoms with E-state index in [1.807, 2.05) is 105 Å². The minimum Gasteiger partial charge on any atom is -0.324 e. The second-order valence-corrected chi connectivity index (χ2v) is 13.6. The summed E-state index contributed by atoms with van der Waals surface area (Å²) >= 11 is 18.8. The van der Waals surface area contributed by atoms with Gasteiger partial charge in [0.1, 0.15) is 15.8 Å². The number of carbonyl (C=O) groups is 3. The van der Waals surface area contributed by atoms with E-state index in [1.165, 1.54) is 0 Å². The molecule has 0 aromatic heterocycles. The predicted octanol–water partition coefficient (Wildman–Crippen LogP) is 7.21. The maximum atomic E-state index is 14.6. The first-order valence-corrected chi connectivity index (χ1v) is 15.7. The van der Waals surface area contributed by atoms with E-state index < -0.39 is 45.3 Å². The lowest BCUT2D eigenvalue weighted by molar-refractivity contribution is -0.146. The van der Waals surface area contributed by atoms with E-state index in [-0.39, 0.29) is 6.42 Å². The van der Waals surface area contributed by atoms with Crippen LogP contribution in [0.3, 0.4) is 0 Å². The molecule has 3 aliphatic carbocycles. The highest BCUT2D eigenvalue weighted by atomic mass is 79.9. The molecule has 216 valence electrons. The molecule has 2 bridgehead atoms. The first-order chi connectivity index (χ1) is 20.6. The van der Waals surface area contributed by atoms with Crippen LogP contribution in [0.5, 0.6) is 0 Å². The predicted molar refractivity (Wildman–Crippen MR) is 171 cm³/mol. The Morgan fingerprint density at radius 3 is 1.72 bits per heavy atom. The van der Waals surface area contributed by atoms with Crippen LogP contribution in [0.15, 0.2) is 95.5 Å². The van der Waals surface area contributed by atoms with Crippen molar-refractivity contribution in [2.75, 3.05) is 5.32 Å². The molecule has 4 aliphatic rings. The van der Waals surface area contributed by atoms with Gasteiger partial charge in [-0.25, -0.2) is 0 Å². The van der Waals surface area contributed by atoms with Gasteiger partial charge in [-0.05, 0) is 64.9 Å². The normalized spacial score (nSPS) is 25.7. The molecule has 5 nitrogen and oxygen atoms in total. The summed E-state index contributed by atoms with van der Waals surface area (Å²) < 4.78 is 0.923. The van der Waals surface area contributed by atoms with Crippen molar-refractivity contribution in [2.45, 2.75) is 36.1 Å². The number of benzene rings is 4. The van der Waals surface area contributed by atoms with Gasteiger partial charge in [0.15, 0.2) is 0 Å². The summed E-state index contributed by atoms with van der Waals surface area (Å²) in [6, 6.07) is 27.0. The lowest BCUT2D eigenvalue weighted by Gasteiger charge is -2.54. The van der Waals surface area contributed by atoms with Crippen LogP contribution < -0.4 is 5.32 Å². The number of halogens is 3. The molecule has 4 aromatic rings. The molecule has 0 spiro atoms. The van der Waals surface area contributed by atoms with Gasteiger partial charge in [-0.15, -0.1) is 23.2 Å². The second kappa shape index (κ2) is 10.0. The number of amides is 3. The van der Waals surface area contributed by atoms with Gasteiger partial charge in [0.2, 0.25) is 17.7 Å². The van der Waals surface area contributed by atoms with Gasteiger partial charge in [-0.3, -0.25) is 19.3 Å². The fourth-order valence-corrected chi connectivity index (χ4v) is 8.80. The van der Waals surface area contributed by atoms with Crippen molar-refractivity contribution in [3.8, 4) is 0 Å². The van der Waals surface area contributed by atoms with E-state index >= 15 is 0 Å². The number of nitrogens with zero attached hydrogens (tertiary/aromatic N) is 1. The molecular weight excluding hydrogens is 647 g/mol. The summed E-state index contributed by atoms with van der Waals surface area (Å²) in [5, 5.41) is 3.02. The number of rotatable bonds is 5. The summed E-state index contributed by atoms with van der Waals surface area (Å²) in [6.45, 7) is 3.88. The van der Waals surface area contributed by atoms with Crippen LogP contribution in [-0.4, -0.2) is 28.7 Å². The maximum absolute atomic E-state index is 14.6. The fourth-order valence-electron chi connectivity index (χ4n) is 7.27. The van der Waals surface area contributed by atoms with Crippen molar-refractivity contribution in [1.82, 2.24) is 4.90 Å². The molecule has 0 saturated carbocycles. The largest absolute Gasteiger partial charge is 0.324 e. The quantitative estimate of drug-likeness (QED) is 0.180. The van der Waals surface area contributed by atoms with Gasteiger partial charge >= 0.3 is 0 Å². The van der Waals surface area contributed by atoms with Gasteiger partial charge in [-0.2, -0.15) is 0 Å². The molecule has 1 heterocycles. The lowest BCUT2D eigenvalue weighted by atomic mass is 9.54. The van der Waals surface area contributed by atoms with Crippen LogP contribution in [0.1, 0.15) is 38.9 Å². The Balaban J connectivity index is 1.36. The third-order valence-corrected chi connectivity index (χ3v) is 11.6. The molecule has 43 heavy (non-hydrogen) atoms. The van der Waals surface area contributed by atoms with Crippen molar-refractivity contribution in [1.29, 1.82) is 0 Å². The van der Waals surface area contributed by atoms with Crippen LogP contribution in [0, 0.1) is 25.7 Å². The Labute approximate surface area is 268 Å². The average molecular weight is 674 g/mol. The highest BCUT2D eigenvalue weighted by molar-refractivity contribution is 9.10. The maximum Gasteiger partial charge on any atom is 0.248 e. The van der Waals surface area contributed by atoms with Crippen molar-refractivity contribution in [3.63, 3.8) is 0 Å². The summed E-state index contributed by atoms with van der Waals surface area (Å²) in [5.74, 6) is -3.39. The zero-order valence-electron chi connectivity index (χ0n) is 23.4. The Bertz CT molecular complexity index is 1720. The summed E-state index contributed by atoms with van der Waals surface area (Å²) in [5.41, 5.74) is 6.19. The van der Waals surface area contributed by atoms with E-state index in [2.05, 4.69) is 21.2 Å². The Morgan fingerprint density at radius 2 is 1.23 bits per heavy atom. The standard InChI is InChI=1S/C35H27BrCl2N2O3/c1-19-20(2)27(17-16-26(19)36)39-31(41)28(18-21-10-4-3-5-11-21)40-32(42)29-30(33(40)43)35(38)23-13-7-6-12-22(23)34(29,37)24-14-8-9-15-25(24)35/h3-17,28-30H,18H2,1-2H3,(H,39,41)/t28-,29-,30-,34?,35?/m0/s1. The molecule has 1 saturated heterocycles. The number of hydrogen-bond donors (Lipinski definition) is 1. The number of hydrogen-bond acceptors (Lipinski definition) is 3. The SMILES string of the molecule is Cc1c(Br)ccc(NC(=O)[C@H](Cc2ccccc2)N2C(=O)[C@@H]3[C@@H](C2=O)C2(Cl)c4ccccc4C3(Cl)c3ccccc32)c1C. The number of nitrogens with one attached hydrogen (secondary N) is 1. The topological polar surface area (TPSA) is 66.5 Å². The molecule has 1 aliphatic heterocycles. The van der Waals surface area contributed by atoms with Gasteiger partial charge in [0, 0.05) is 16.6 Å². The van der Waals surface area contributed by atoms with Gasteiger partial charge in [0.05, 0.1) is 11.8 Å². The number of alkyl halides is 2. The number of likely N-dealkylation sites (tertiary alicyclic amines) is 1. The number of anilines is 1. The third kappa shape index (κ3) is 3.86. The molecule has 3 atom stereocenters. The minimum atomic E-state index is -1.32. The van der Waals surface area contributed by atoms with E-state index in [9.17, 15) is 14.4 Å². The first-order valence-electron chi connectivity index (χ1n) is 14.1. The zero-order valence-corrected chi connectivity index (χ0v) is 26.5. The Kier molecular flexibility index (Phi) is 6.62. The van der Waals surface area contributed by atoms with E-state index in [4.69, 9.17) is 23.2 Å². The average Bonchev–Trinajstić information content (AvgIpc) is 3.30. The highest BCUT2D eigenvalue weighted by Crippen LogP contribution is 2.69. The fraction of sp³-hybridized carbons (Fsp3) is 0.229. The van der Waals surface area contributed by atoms with Gasteiger partial charge < -0.3 is 5.32 Å². The third-order valence-electron chi connectivity index (χ3n) is 9.48. The molecule has 8 rings (SSSR count). The smallest absolute Gasteiger partial charge is 0.248 e. The van der Waals surface area contributed by atoms with E-state index in [0.717, 1.165) is 48.3 Å². The van der Waals surface area contributed by atoms with Crippen LogP contribution in [0.4, 0.5) is 5.69 Å². The molecule has 1 fully saturated rings. The van der Waals surface area contributed by atoms with Crippen molar-refractivity contribution < 1.29 is 14.4 Å². The van der Waals surface area contributed by atoms with Crippen LogP contribution in [-0.2, 0) is 30.6 Å².